The van der Waals surface area contributed by atoms with E-state index in [1.54, 1.807) is 26.3 Å². The summed E-state index contributed by atoms with van der Waals surface area (Å²) in [4.78, 5) is 27.6. The maximum absolute atomic E-state index is 12.8. The molecule has 0 saturated carbocycles. The van der Waals surface area contributed by atoms with Crippen molar-refractivity contribution in [1.29, 1.82) is 0 Å². The van der Waals surface area contributed by atoms with Crippen LogP contribution in [0.1, 0.15) is 30.0 Å². The van der Waals surface area contributed by atoms with Gasteiger partial charge in [-0.25, -0.2) is 9.78 Å². The van der Waals surface area contributed by atoms with Crippen molar-refractivity contribution >= 4 is 40.0 Å². The molecule has 0 radical (unpaired) electrons. The molecule has 4 heterocycles. The van der Waals surface area contributed by atoms with Gasteiger partial charge >= 0.3 is 6.03 Å². The maximum atomic E-state index is 12.8. The van der Waals surface area contributed by atoms with Crippen molar-refractivity contribution in [2.75, 3.05) is 17.7 Å². The van der Waals surface area contributed by atoms with Crippen molar-refractivity contribution in [2.24, 2.45) is 0 Å². The number of ether oxygens (including phenoxy) is 1. The number of fused-ring (bicyclic) bond motifs is 1. The van der Waals surface area contributed by atoms with Gasteiger partial charge in [-0.2, -0.15) is 10.2 Å². The second-order valence-corrected chi connectivity index (χ2v) is 7.52. The summed E-state index contributed by atoms with van der Waals surface area (Å²) in [7, 11) is 1.60. The number of carbonyl (C=O) groups is 1. The van der Waals surface area contributed by atoms with E-state index in [4.69, 9.17) is 16.3 Å². The van der Waals surface area contributed by atoms with Gasteiger partial charge in [0, 0.05) is 18.4 Å². The fourth-order valence-electron chi connectivity index (χ4n) is 3.25. The van der Waals surface area contributed by atoms with Gasteiger partial charge < -0.3 is 15.4 Å². The monoisotopic (exact) mass is 452 g/mol. The molecule has 0 saturated heterocycles. The number of hydrogen-bond acceptors (Lipinski definition) is 7. The SMILES string of the molecule is CO[C@H](C)c1c(NC(=O)Nc2cc(Cl)c(-n3nccn3)nc2C)cnc2ccc(C)nc12. The van der Waals surface area contributed by atoms with Crippen LogP contribution >= 0.6 is 11.6 Å². The van der Waals surface area contributed by atoms with Gasteiger partial charge in [-0.1, -0.05) is 11.6 Å². The first-order chi connectivity index (χ1) is 15.4. The average molecular weight is 453 g/mol. The van der Waals surface area contributed by atoms with Crippen LogP contribution < -0.4 is 10.6 Å². The van der Waals surface area contributed by atoms with Crippen LogP contribution in [0.5, 0.6) is 0 Å². The molecular weight excluding hydrogens is 432 g/mol. The molecular formula is C21H21ClN8O2. The first kappa shape index (κ1) is 21.6. The van der Waals surface area contributed by atoms with Crippen molar-refractivity contribution in [3.8, 4) is 5.82 Å². The zero-order chi connectivity index (χ0) is 22.8. The van der Waals surface area contributed by atoms with E-state index >= 15 is 0 Å². The summed E-state index contributed by atoms with van der Waals surface area (Å²) in [6.45, 7) is 5.54. The van der Waals surface area contributed by atoms with Gasteiger partial charge in [-0.15, -0.1) is 4.80 Å². The topological polar surface area (TPSA) is 120 Å². The number of aromatic nitrogens is 6. The quantitative estimate of drug-likeness (QED) is 0.465. The largest absolute Gasteiger partial charge is 0.377 e. The van der Waals surface area contributed by atoms with Crippen molar-refractivity contribution < 1.29 is 9.53 Å². The maximum Gasteiger partial charge on any atom is 0.323 e. The van der Waals surface area contributed by atoms with Crippen molar-refractivity contribution in [2.45, 2.75) is 26.9 Å². The number of halogens is 1. The van der Waals surface area contributed by atoms with E-state index in [0.29, 0.717) is 33.4 Å². The minimum atomic E-state index is -0.478. The summed E-state index contributed by atoms with van der Waals surface area (Å²) in [5.41, 5.74) is 4.47. The van der Waals surface area contributed by atoms with E-state index in [9.17, 15) is 4.79 Å². The number of urea groups is 1. The number of carbonyl (C=O) groups excluding carboxylic acids is 1. The van der Waals surface area contributed by atoms with E-state index in [1.165, 1.54) is 17.2 Å². The molecule has 4 rings (SSSR count). The molecule has 0 aliphatic heterocycles. The number of nitrogens with one attached hydrogen (secondary N) is 2. The summed E-state index contributed by atoms with van der Waals surface area (Å²) in [6.07, 6.45) is 4.33. The number of aryl methyl sites for hydroxylation is 2. The van der Waals surface area contributed by atoms with Crippen LogP contribution in [-0.4, -0.2) is 43.1 Å². The van der Waals surface area contributed by atoms with Crippen molar-refractivity contribution in [1.82, 2.24) is 29.9 Å². The Morgan fingerprint density at radius 1 is 1.12 bits per heavy atom. The molecule has 0 aliphatic rings. The molecule has 4 aromatic heterocycles. The smallest absolute Gasteiger partial charge is 0.323 e. The first-order valence-corrected chi connectivity index (χ1v) is 10.2. The molecule has 4 aromatic rings. The summed E-state index contributed by atoms with van der Waals surface area (Å²) >= 11 is 6.33. The minimum Gasteiger partial charge on any atom is -0.377 e. The Hall–Kier alpha value is -3.63. The lowest BCUT2D eigenvalue weighted by molar-refractivity contribution is 0.121. The van der Waals surface area contributed by atoms with Gasteiger partial charge in [0.05, 0.1) is 57.8 Å². The van der Waals surface area contributed by atoms with E-state index in [0.717, 1.165) is 16.8 Å². The third-order valence-electron chi connectivity index (χ3n) is 4.90. The van der Waals surface area contributed by atoms with Crippen molar-refractivity contribution in [3.63, 3.8) is 0 Å². The Morgan fingerprint density at radius 2 is 1.84 bits per heavy atom. The zero-order valence-electron chi connectivity index (χ0n) is 17.9. The Morgan fingerprint density at radius 3 is 2.56 bits per heavy atom. The fourth-order valence-corrected chi connectivity index (χ4v) is 3.47. The lowest BCUT2D eigenvalue weighted by Gasteiger charge is -2.18. The number of methoxy groups -OCH3 is 1. The highest BCUT2D eigenvalue weighted by molar-refractivity contribution is 6.32. The Bertz CT molecular complexity index is 1290. The molecule has 0 aromatic carbocycles. The Kier molecular flexibility index (Phi) is 5.97. The molecule has 0 aliphatic carbocycles. The van der Waals surface area contributed by atoms with Gasteiger partial charge in [0.25, 0.3) is 0 Å². The molecule has 0 unspecified atom stereocenters. The average Bonchev–Trinajstić information content (AvgIpc) is 3.30. The number of anilines is 2. The van der Waals surface area contributed by atoms with E-state index in [1.807, 2.05) is 26.0 Å². The highest BCUT2D eigenvalue weighted by Gasteiger charge is 2.19. The highest BCUT2D eigenvalue weighted by Crippen LogP contribution is 2.31. The predicted molar refractivity (Wildman–Crippen MR) is 121 cm³/mol. The molecule has 164 valence electrons. The van der Waals surface area contributed by atoms with Crippen molar-refractivity contribution in [3.05, 3.63) is 58.8 Å². The van der Waals surface area contributed by atoms with E-state index in [2.05, 4.69) is 35.8 Å². The molecule has 1 atom stereocenters. The second-order valence-electron chi connectivity index (χ2n) is 7.11. The van der Waals surface area contributed by atoms with Crippen LogP contribution in [0.4, 0.5) is 16.2 Å². The molecule has 0 fully saturated rings. The highest BCUT2D eigenvalue weighted by atomic mass is 35.5. The summed E-state index contributed by atoms with van der Waals surface area (Å²) in [6, 6.07) is 4.90. The van der Waals surface area contributed by atoms with Crippen LogP contribution in [0, 0.1) is 13.8 Å². The van der Waals surface area contributed by atoms with Gasteiger partial charge in [-0.3, -0.25) is 9.97 Å². The Labute approximate surface area is 189 Å². The minimum absolute atomic E-state index is 0.294. The number of pyridine rings is 3. The lowest BCUT2D eigenvalue weighted by Crippen LogP contribution is -2.22. The number of hydrogen-bond donors (Lipinski definition) is 2. The summed E-state index contributed by atoms with van der Waals surface area (Å²) in [5.74, 6) is 0.372. The standard InChI is InChI=1S/C21H21ClN8O2/c1-11-5-6-15-19(26-11)18(13(3)32-4)17(10-23-15)29-21(31)28-16-9-14(22)20(27-12(16)2)30-24-7-8-25-30/h5-10,13H,1-4H3,(H2,28,29,31)/t13-/m1/s1. The molecule has 32 heavy (non-hydrogen) atoms. The molecule has 0 bridgehead atoms. The summed E-state index contributed by atoms with van der Waals surface area (Å²) in [5, 5.41) is 14.0. The third kappa shape index (κ3) is 4.23. The lowest BCUT2D eigenvalue weighted by atomic mass is 10.1. The van der Waals surface area contributed by atoms with Crippen LogP contribution in [0.15, 0.2) is 36.8 Å². The molecule has 10 nitrogen and oxygen atoms in total. The van der Waals surface area contributed by atoms with Gasteiger partial charge in [-0.05, 0) is 39.0 Å². The predicted octanol–water partition coefficient (Wildman–Crippen LogP) is 4.23. The molecule has 2 amide bonds. The second kappa shape index (κ2) is 8.85. The van der Waals surface area contributed by atoms with Gasteiger partial charge in [0.15, 0.2) is 5.82 Å². The van der Waals surface area contributed by atoms with E-state index < -0.39 is 6.03 Å². The Balaban J connectivity index is 1.63. The number of amides is 2. The fraction of sp³-hybridized carbons (Fsp3) is 0.238. The van der Waals surface area contributed by atoms with Crippen LogP contribution in [0.25, 0.3) is 16.9 Å². The number of rotatable bonds is 5. The van der Waals surface area contributed by atoms with E-state index in [-0.39, 0.29) is 6.10 Å². The molecule has 11 heteroatoms. The summed E-state index contributed by atoms with van der Waals surface area (Å²) < 4.78 is 5.53. The first-order valence-electron chi connectivity index (χ1n) is 9.78. The van der Waals surface area contributed by atoms with Gasteiger partial charge in [0.2, 0.25) is 0 Å². The number of nitrogens with zero attached hydrogens (tertiary/aromatic N) is 6. The molecule has 0 spiro atoms. The van der Waals surface area contributed by atoms with Gasteiger partial charge in [0.1, 0.15) is 0 Å². The van der Waals surface area contributed by atoms with Crippen LogP contribution in [-0.2, 0) is 4.74 Å². The molecule has 2 N–H and O–H groups in total. The normalized spacial score (nSPS) is 12.0. The third-order valence-corrected chi connectivity index (χ3v) is 5.18. The van der Waals surface area contributed by atoms with Crippen LogP contribution in [0.2, 0.25) is 5.02 Å². The van der Waals surface area contributed by atoms with Crippen LogP contribution in [0.3, 0.4) is 0 Å². The zero-order valence-corrected chi connectivity index (χ0v) is 18.7.